The molecule has 0 unspecified atom stereocenters. The molecule has 0 spiro atoms. The molecule has 1 aliphatic heterocycles. The molecule has 2 aromatic heterocycles. The van der Waals surface area contributed by atoms with E-state index < -0.39 is 15.7 Å². The summed E-state index contributed by atoms with van der Waals surface area (Å²) in [5.41, 5.74) is 1.85. The molecular weight excluding hydrogens is 316 g/mol. The van der Waals surface area contributed by atoms with Crippen LogP contribution < -0.4 is 5.69 Å². The van der Waals surface area contributed by atoms with E-state index in [1.54, 1.807) is 0 Å². The van der Waals surface area contributed by atoms with Crippen molar-refractivity contribution < 1.29 is 8.42 Å². The monoisotopic (exact) mass is 330 g/mol. The number of aromatic amines is 1. The number of benzene rings is 1. The Morgan fingerprint density at radius 3 is 2.70 bits per heavy atom. The minimum Gasteiger partial charge on any atom is -0.249 e. The summed E-state index contributed by atoms with van der Waals surface area (Å²) in [5, 5.41) is 6.13. The summed E-state index contributed by atoms with van der Waals surface area (Å²) in [5.74, 6) is 0. The summed E-state index contributed by atoms with van der Waals surface area (Å²) in [6.45, 7) is 0.739. The first-order valence-electron chi connectivity index (χ1n) is 7.20. The van der Waals surface area contributed by atoms with Gasteiger partial charge in [-0.05, 0) is 29.7 Å². The summed E-state index contributed by atoms with van der Waals surface area (Å²) in [4.78, 5) is 11.7. The number of rotatable bonds is 2. The maximum absolute atomic E-state index is 13.0. The van der Waals surface area contributed by atoms with Crippen molar-refractivity contribution in [3.63, 3.8) is 0 Å². The van der Waals surface area contributed by atoms with Crippen LogP contribution in [-0.2, 0) is 23.0 Å². The SMILES string of the molecule is O=c1[nH]nc2c(S(=O)(=O)N3CCc4ccccc4C3)cccn12. The quantitative estimate of drug-likeness (QED) is 0.752. The van der Waals surface area contributed by atoms with Crippen LogP contribution in [0.1, 0.15) is 11.1 Å². The third-order valence-corrected chi connectivity index (χ3v) is 5.99. The van der Waals surface area contributed by atoms with Crippen molar-refractivity contribution in [2.75, 3.05) is 6.54 Å². The van der Waals surface area contributed by atoms with Crippen LogP contribution >= 0.6 is 0 Å². The third kappa shape index (κ3) is 2.18. The molecule has 3 heterocycles. The van der Waals surface area contributed by atoms with Crippen LogP contribution in [0.5, 0.6) is 0 Å². The molecule has 8 heteroatoms. The number of nitrogens with one attached hydrogen (secondary N) is 1. The van der Waals surface area contributed by atoms with Crippen molar-refractivity contribution in [1.29, 1.82) is 0 Å². The number of hydrogen-bond donors (Lipinski definition) is 1. The molecule has 1 aromatic carbocycles. The molecule has 0 saturated carbocycles. The van der Waals surface area contributed by atoms with Crippen molar-refractivity contribution in [1.82, 2.24) is 18.9 Å². The highest BCUT2D eigenvalue weighted by Gasteiger charge is 2.30. The summed E-state index contributed by atoms with van der Waals surface area (Å²) in [7, 11) is -3.73. The fourth-order valence-electron chi connectivity index (χ4n) is 2.92. The molecule has 0 saturated heterocycles. The average molecular weight is 330 g/mol. The molecule has 1 N–H and O–H groups in total. The lowest BCUT2D eigenvalue weighted by molar-refractivity contribution is 0.391. The highest BCUT2D eigenvalue weighted by molar-refractivity contribution is 7.89. The standard InChI is InChI=1S/C15H14N4O3S/c20-15-17-16-14-13(6-3-8-19(14)15)23(21,22)18-9-7-11-4-1-2-5-12(11)10-18/h1-6,8H,7,9-10H2,(H,17,20). The highest BCUT2D eigenvalue weighted by atomic mass is 32.2. The Morgan fingerprint density at radius 1 is 1.09 bits per heavy atom. The molecule has 23 heavy (non-hydrogen) atoms. The summed E-state index contributed by atoms with van der Waals surface area (Å²) < 4.78 is 28.6. The topological polar surface area (TPSA) is 87.5 Å². The predicted molar refractivity (Wildman–Crippen MR) is 83.6 cm³/mol. The highest BCUT2D eigenvalue weighted by Crippen LogP contribution is 2.26. The van der Waals surface area contributed by atoms with Gasteiger partial charge < -0.3 is 0 Å². The maximum atomic E-state index is 13.0. The summed E-state index contributed by atoms with van der Waals surface area (Å²) in [6, 6.07) is 10.8. The van der Waals surface area contributed by atoms with E-state index in [0.717, 1.165) is 5.56 Å². The van der Waals surface area contributed by atoms with Crippen LogP contribution in [0, 0.1) is 0 Å². The molecule has 0 atom stereocenters. The lowest BCUT2D eigenvalue weighted by Crippen LogP contribution is -2.36. The smallest absolute Gasteiger partial charge is 0.249 e. The van der Waals surface area contributed by atoms with Crippen LogP contribution in [0.3, 0.4) is 0 Å². The Morgan fingerprint density at radius 2 is 1.87 bits per heavy atom. The van der Waals surface area contributed by atoms with Crippen LogP contribution in [0.4, 0.5) is 0 Å². The van der Waals surface area contributed by atoms with E-state index in [-0.39, 0.29) is 10.5 Å². The molecule has 0 aliphatic carbocycles. The number of aromatic nitrogens is 3. The first-order chi connectivity index (χ1) is 11.1. The Hall–Kier alpha value is -2.45. The van der Waals surface area contributed by atoms with Gasteiger partial charge in [0.15, 0.2) is 5.65 Å². The van der Waals surface area contributed by atoms with Gasteiger partial charge in [-0.25, -0.2) is 22.7 Å². The first kappa shape index (κ1) is 14.2. The molecule has 4 rings (SSSR count). The Bertz CT molecular complexity index is 1050. The van der Waals surface area contributed by atoms with Crippen molar-refractivity contribution >= 4 is 15.7 Å². The third-order valence-electron chi connectivity index (χ3n) is 4.12. The van der Waals surface area contributed by atoms with E-state index in [4.69, 9.17) is 0 Å². The molecule has 0 radical (unpaired) electrons. The van der Waals surface area contributed by atoms with Crippen molar-refractivity contribution in [2.45, 2.75) is 17.9 Å². The van der Waals surface area contributed by atoms with E-state index in [0.29, 0.717) is 19.5 Å². The Balaban J connectivity index is 1.80. The van der Waals surface area contributed by atoms with Crippen molar-refractivity contribution in [3.8, 4) is 0 Å². The lowest BCUT2D eigenvalue weighted by atomic mass is 10.0. The fourth-order valence-corrected chi connectivity index (χ4v) is 4.47. The van der Waals surface area contributed by atoms with Crippen molar-refractivity contribution in [2.24, 2.45) is 0 Å². The van der Waals surface area contributed by atoms with E-state index in [1.807, 2.05) is 24.3 Å². The number of hydrogen-bond acceptors (Lipinski definition) is 4. The van der Waals surface area contributed by atoms with Gasteiger partial charge in [-0.15, -0.1) is 0 Å². The van der Waals surface area contributed by atoms with Crippen LogP contribution in [-0.4, -0.2) is 33.9 Å². The lowest BCUT2D eigenvalue weighted by Gasteiger charge is -2.28. The maximum Gasteiger partial charge on any atom is 0.347 e. The summed E-state index contributed by atoms with van der Waals surface area (Å²) in [6.07, 6.45) is 2.16. The van der Waals surface area contributed by atoms with E-state index in [2.05, 4.69) is 10.2 Å². The van der Waals surface area contributed by atoms with Crippen LogP contribution in [0.2, 0.25) is 0 Å². The van der Waals surface area contributed by atoms with Gasteiger partial charge in [0.2, 0.25) is 10.0 Å². The van der Waals surface area contributed by atoms with Gasteiger partial charge in [-0.2, -0.15) is 9.40 Å². The molecule has 7 nitrogen and oxygen atoms in total. The fraction of sp³-hybridized carbons (Fsp3) is 0.200. The number of nitrogens with zero attached hydrogens (tertiary/aromatic N) is 3. The molecule has 118 valence electrons. The molecular formula is C15H14N4O3S. The van der Waals surface area contributed by atoms with E-state index >= 15 is 0 Å². The Kier molecular flexibility index (Phi) is 3.10. The van der Waals surface area contributed by atoms with Gasteiger partial charge in [-0.3, -0.25) is 0 Å². The number of pyridine rings is 1. The second-order valence-electron chi connectivity index (χ2n) is 5.45. The van der Waals surface area contributed by atoms with Gasteiger partial charge in [0, 0.05) is 19.3 Å². The van der Waals surface area contributed by atoms with E-state index in [1.165, 1.54) is 32.6 Å². The van der Waals surface area contributed by atoms with Gasteiger partial charge in [0.25, 0.3) is 0 Å². The number of H-pyrrole nitrogens is 1. The molecule has 0 amide bonds. The zero-order valence-corrected chi connectivity index (χ0v) is 13.0. The van der Waals surface area contributed by atoms with Crippen LogP contribution in [0.15, 0.2) is 52.3 Å². The Labute approximate surface area is 132 Å². The van der Waals surface area contributed by atoms with Gasteiger partial charge in [0.05, 0.1) is 0 Å². The minimum absolute atomic E-state index is 0.0396. The molecule has 0 fully saturated rings. The van der Waals surface area contributed by atoms with Gasteiger partial charge >= 0.3 is 5.69 Å². The summed E-state index contributed by atoms with van der Waals surface area (Å²) >= 11 is 0. The predicted octanol–water partition coefficient (Wildman–Crippen LogP) is 0.770. The zero-order chi connectivity index (χ0) is 16.0. The van der Waals surface area contributed by atoms with E-state index in [9.17, 15) is 13.2 Å². The number of fused-ring (bicyclic) bond motifs is 2. The zero-order valence-electron chi connectivity index (χ0n) is 12.1. The minimum atomic E-state index is -3.73. The van der Waals surface area contributed by atoms with Crippen molar-refractivity contribution in [3.05, 3.63) is 64.2 Å². The molecule has 1 aliphatic rings. The second-order valence-corrected chi connectivity index (χ2v) is 7.36. The van der Waals surface area contributed by atoms with Gasteiger partial charge in [0.1, 0.15) is 4.90 Å². The number of sulfonamides is 1. The molecule has 0 bridgehead atoms. The second kappa shape index (κ2) is 5.04. The normalized spacial score (nSPS) is 15.7. The van der Waals surface area contributed by atoms with Gasteiger partial charge in [-0.1, -0.05) is 24.3 Å². The first-order valence-corrected chi connectivity index (χ1v) is 8.64. The van der Waals surface area contributed by atoms with Crippen LogP contribution in [0.25, 0.3) is 5.65 Å². The largest absolute Gasteiger partial charge is 0.347 e. The average Bonchev–Trinajstić information content (AvgIpc) is 2.96. The molecule has 3 aromatic rings.